The fourth-order valence-electron chi connectivity index (χ4n) is 0.942. The summed E-state index contributed by atoms with van der Waals surface area (Å²) in [5.41, 5.74) is 1.10. The summed E-state index contributed by atoms with van der Waals surface area (Å²) in [5.74, 6) is 0. The van der Waals surface area contributed by atoms with E-state index in [0.29, 0.717) is 24.4 Å². The third kappa shape index (κ3) is 3.74. The molecule has 0 radical (unpaired) electrons. The summed E-state index contributed by atoms with van der Waals surface area (Å²) < 4.78 is 4.81. The van der Waals surface area contributed by atoms with Crippen LogP contribution in [0.25, 0.3) is 0 Å². The van der Waals surface area contributed by atoms with Crippen LogP contribution in [0.2, 0.25) is 0 Å². The minimum absolute atomic E-state index is 0.520. The monoisotopic (exact) mass is 201 g/mol. The van der Waals surface area contributed by atoms with E-state index in [-0.39, 0.29) is 0 Å². The molecule has 0 aromatic heterocycles. The maximum atomic E-state index is 8.77. The lowest BCUT2D eigenvalue weighted by Crippen LogP contribution is -1.90. The first-order chi connectivity index (χ1) is 7.38. The summed E-state index contributed by atoms with van der Waals surface area (Å²) in [6.07, 6.45) is 0. The zero-order chi connectivity index (χ0) is 10.9. The van der Waals surface area contributed by atoms with Crippen molar-refractivity contribution in [3.05, 3.63) is 29.8 Å². The van der Waals surface area contributed by atoms with Gasteiger partial charge in [-0.05, 0) is 12.1 Å². The first-order valence-corrected chi connectivity index (χ1v) is 4.48. The average molecular weight is 201 g/mol. The molecule has 1 aromatic carbocycles. The molecule has 0 heterocycles. The van der Waals surface area contributed by atoms with Crippen LogP contribution in [0.5, 0.6) is 0 Å². The van der Waals surface area contributed by atoms with Gasteiger partial charge in [0.25, 0.3) is 0 Å². The van der Waals surface area contributed by atoms with Gasteiger partial charge in [-0.25, -0.2) is 4.99 Å². The average Bonchev–Trinajstić information content (AvgIpc) is 2.29. The lowest BCUT2D eigenvalue weighted by molar-refractivity contribution is 0.208. The second-order valence-electron chi connectivity index (χ2n) is 2.72. The van der Waals surface area contributed by atoms with Gasteiger partial charge in [0, 0.05) is 7.11 Å². The van der Waals surface area contributed by atoms with Gasteiger partial charge < -0.3 is 4.74 Å². The maximum absolute atomic E-state index is 8.77. The number of ether oxygens (including phenoxy) is 1. The highest BCUT2D eigenvalue weighted by Gasteiger charge is 1.95. The van der Waals surface area contributed by atoms with E-state index in [0.717, 1.165) is 0 Å². The third-order valence-corrected chi connectivity index (χ3v) is 1.67. The predicted octanol–water partition coefficient (Wildman–Crippen LogP) is 2.01. The molecule has 0 saturated carbocycles. The zero-order valence-corrected chi connectivity index (χ0v) is 8.47. The van der Waals surface area contributed by atoms with Gasteiger partial charge in [-0.15, -0.1) is 0 Å². The first kappa shape index (κ1) is 11.1. The van der Waals surface area contributed by atoms with Gasteiger partial charge in [-0.2, -0.15) is 10.3 Å². The van der Waals surface area contributed by atoms with Gasteiger partial charge in [-0.1, -0.05) is 12.1 Å². The van der Waals surface area contributed by atoms with E-state index in [4.69, 9.17) is 10.00 Å². The van der Waals surface area contributed by atoms with Gasteiger partial charge in [0.1, 0.15) is 6.07 Å². The van der Waals surface area contributed by atoms with Crippen LogP contribution in [0, 0.1) is 11.3 Å². The molecule has 0 atom stereocenters. The SMILES string of the molecule is COCCN=C=Nc1ccccc1C#N. The highest BCUT2D eigenvalue weighted by atomic mass is 16.5. The van der Waals surface area contributed by atoms with Crippen LogP contribution in [0.3, 0.4) is 0 Å². The van der Waals surface area contributed by atoms with Crippen molar-refractivity contribution in [3.8, 4) is 6.07 Å². The van der Waals surface area contributed by atoms with Crippen molar-refractivity contribution in [1.29, 1.82) is 5.26 Å². The summed E-state index contributed by atoms with van der Waals surface area (Å²) in [7, 11) is 1.61. The van der Waals surface area contributed by atoms with E-state index in [1.54, 1.807) is 25.3 Å². The van der Waals surface area contributed by atoms with Gasteiger partial charge in [-0.3, -0.25) is 0 Å². The quantitative estimate of drug-likeness (QED) is 0.552. The molecule has 0 spiro atoms. The molecule has 0 aliphatic carbocycles. The Morgan fingerprint density at radius 1 is 1.40 bits per heavy atom. The standard InChI is InChI=1S/C11H11N3O/c1-15-7-6-13-9-14-11-5-3-2-4-10(11)8-12/h2-5H,6-7H2,1H3. The molecule has 0 N–H and O–H groups in total. The van der Waals surface area contributed by atoms with Crippen molar-refractivity contribution in [2.24, 2.45) is 9.98 Å². The molecule has 0 aliphatic rings. The van der Waals surface area contributed by atoms with Crippen LogP contribution in [-0.4, -0.2) is 26.3 Å². The second kappa shape index (κ2) is 6.50. The summed E-state index contributed by atoms with van der Waals surface area (Å²) in [4.78, 5) is 7.83. The smallest absolute Gasteiger partial charge is 0.101 e. The van der Waals surface area contributed by atoms with Gasteiger partial charge in [0.05, 0.1) is 30.4 Å². The van der Waals surface area contributed by atoms with E-state index in [9.17, 15) is 0 Å². The highest BCUT2D eigenvalue weighted by molar-refractivity contribution is 5.59. The molecule has 15 heavy (non-hydrogen) atoms. The Morgan fingerprint density at radius 3 is 2.93 bits per heavy atom. The Labute approximate surface area is 88.6 Å². The number of rotatable bonds is 4. The molecule has 4 nitrogen and oxygen atoms in total. The van der Waals surface area contributed by atoms with E-state index >= 15 is 0 Å². The first-order valence-electron chi connectivity index (χ1n) is 4.48. The zero-order valence-electron chi connectivity index (χ0n) is 8.47. The Bertz CT molecular complexity index is 414. The van der Waals surface area contributed by atoms with E-state index < -0.39 is 0 Å². The van der Waals surface area contributed by atoms with Gasteiger partial charge in [0.15, 0.2) is 0 Å². The second-order valence-corrected chi connectivity index (χ2v) is 2.72. The van der Waals surface area contributed by atoms with Crippen molar-refractivity contribution in [2.75, 3.05) is 20.3 Å². The predicted molar refractivity (Wildman–Crippen MR) is 57.4 cm³/mol. The number of hydrogen-bond acceptors (Lipinski definition) is 4. The number of para-hydroxylation sites is 1. The molecular weight excluding hydrogens is 190 g/mol. The normalized spacial score (nSPS) is 8.80. The molecule has 0 fully saturated rings. The molecule has 1 rings (SSSR count). The topological polar surface area (TPSA) is 57.7 Å². The molecule has 0 bridgehead atoms. The summed E-state index contributed by atoms with van der Waals surface area (Å²) in [6, 6.07) is 11.6. The third-order valence-electron chi connectivity index (χ3n) is 1.67. The minimum atomic E-state index is 0.520. The van der Waals surface area contributed by atoms with Crippen LogP contribution in [0.4, 0.5) is 5.69 Å². The Balaban J connectivity index is 2.72. The van der Waals surface area contributed by atoms with Crippen molar-refractivity contribution in [3.63, 3.8) is 0 Å². The maximum Gasteiger partial charge on any atom is 0.101 e. The summed E-state index contributed by atoms with van der Waals surface area (Å²) in [5, 5.41) is 8.77. The highest BCUT2D eigenvalue weighted by Crippen LogP contribution is 2.15. The number of benzene rings is 1. The van der Waals surface area contributed by atoms with Crippen molar-refractivity contribution >= 4 is 11.7 Å². The van der Waals surface area contributed by atoms with Crippen LogP contribution in [0.15, 0.2) is 34.3 Å². The Hall–Kier alpha value is -1.95. The number of aliphatic imine (C=N–C) groups is 2. The fourth-order valence-corrected chi connectivity index (χ4v) is 0.942. The Morgan fingerprint density at radius 2 is 2.20 bits per heavy atom. The number of hydrogen-bond donors (Lipinski definition) is 0. The van der Waals surface area contributed by atoms with Crippen LogP contribution in [0.1, 0.15) is 5.56 Å². The largest absolute Gasteiger partial charge is 0.383 e. The van der Waals surface area contributed by atoms with Crippen LogP contribution >= 0.6 is 0 Å². The molecule has 1 aromatic rings. The molecule has 0 amide bonds. The van der Waals surface area contributed by atoms with E-state index in [1.165, 1.54) is 0 Å². The summed E-state index contributed by atoms with van der Waals surface area (Å²) in [6.45, 7) is 1.07. The lowest BCUT2D eigenvalue weighted by Gasteiger charge is -1.92. The van der Waals surface area contributed by atoms with Crippen LogP contribution < -0.4 is 0 Å². The molecule has 0 unspecified atom stereocenters. The number of nitrogens with zero attached hydrogens (tertiary/aromatic N) is 3. The minimum Gasteiger partial charge on any atom is -0.383 e. The molecular formula is C11H11N3O. The van der Waals surface area contributed by atoms with Crippen molar-refractivity contribution < 1.29 is 4.74 Å². The van der Waals surface area contributed by atoms with Crippen LogP contribution in [-0.2, 0) is 4.74 Å². The lowest BCUT2D eigenvalue weighted by atomic mass is 10.2. The fraction of sp³-hybridized carbons (Fsp3) is 0.273. The molecule has 76 valence electrons. The molecule has 0 saturated heterocycles. The Kier molecular flexibility index (Phi) is 4.82. The molecule has 0 aliphatic heterocycles. The van der Waals surface area contributed by atoms with Crippen molar-refractivity contribution in [2.45, 2.75) is 0 Å². The van der Waals surface area contributed by atoms with E-state index in [1.807, 2.05) is 12.1 Å². The summed E-state index contributed by atoms with van der Waals surface area (Å²) >= 11 is 0. The van der Waals surface area contributed by atoms with E-state index in [2.05, 4.69) is 16.0 Å². The van der Waals surface area contributed by atoms with Gasteiger partial charge >= 0.3 is 0 Å². The molecule has 4 heteroatoms. The number of nitriles is 1. The van der Waals surface area contributed by atoms with Gasteiger partial charge in [0.2, 0.25) is 0 Å². The number of methoxy groups -OCH3 is 1. The van der Waals surface area contributed by atoms with Crippen molar-refractivity contribution in [1.82, 2.24) is 0 Å².